The van der Waals surface area contributed by atoms with Crippen molar-refractivity contribution in [2.75, 3.05) is 11.5 Å². The van der Waals surface area contributed by atoms with Crippen LogP contribution < -0.4 is 11.5 Å². The number of rotatable bonds is 1. The summed E-state index contributed by atoms with van der Waals surface area (Å²) in [7, 11) is 0. The summed E-state index contributed by atoms with van der Waals surface area (Å²) in [6, 6.07) is 5.58. The van der Waals surface area contributed by atoms with Gasteiger partial charge in [0, 0.05) is 16.9 Å². The summed E-state index contributed by atoms with van der Waals surface area (Å²) in [5, 5.41) is 0. The molecule has 2 nitrogen and oxygen atoms in total. The number of nitrogen functional groups attached to an aromatic ring is 2. The third-order valence-corrected chi connectivity index (χ3v) is 2.23. The highest BCUT2D eigenvalue weighted by atomic mass is 79.9. The normalized spacial score (nSPS) is 8.47. The standard InChI is InChI=1S/C11H16N2.BrH.ClH/c1-7(2)8(3)10-6-9(12)4-5-11(10)13;;/h4-6H,12-13H2,1-3H3;2*1H. The Morgan fingerprint density at radius 3 is 2.07 bits per heavy atom. The van der Waals surface area contributed by atoms with E-state index in [1.807, 2.05) is 18.2 Å². The van der Waals surface area contributed by atoms with Crippen molar-refractivity contribution in [1.82, 2.24) is 0 Å². The summed E-state index contributed by atoms with van der Waals surface area (Å²) < 4.78 is 0. The number of hydrogen-bond acceptors (Lipinski definition) is 2. The lowest BCUT2D eigenvalue weighted by Gasteiger charge is -2.08. The number of hydrogen-bond donors (Lipinski definition) is 2. The maximum Gasteiger partial charge on any atom is 0.0391 e. The summed E-state index contributed by atoms with van der Waals surface area (Å²) in [6.07, 6.45) is 0. The molecule has 0 radical (unpaired) electrons. The zero-order valence-electron chi connectivity index (χ0n) is 9.20. The first-order chi connectivity index (χ1) is 6.02. The Balaban J connectivity index is 0. The topological polar surface area (TPSA) is 52.0 Å². The minimum atomic E-state index is 0. The van der Waals surface area contributed by atoms with Crippen LogP contribution >= 0.6 is 29.4 Å². The van der Waals surface area contributed by atoms with Crippen molar-refractivity contribution < 1.29 is 0 Å². The Hall–Kier alpha value is -0.670. The first-order valence-electron chi connectivity index (χ1n) is 4.32. The van der Waals surface area contributed by atoms with Crippen molar-refractivity contribution in [2.24, 2.45) is 0 Å². The highest BCUT2D eigenvalue weighted by molar-refractivity contribution is 8.93. The molecule has 0 aromatic heterocycles. The van der Waals surface area contributed by atoms with Crippen LogP contribution in [0.25, 0.3) is 5.57 Å². The molecule has 0 aliphatic carbocycles. The Bertz CT molecular complexity index is 358. The predicted octanol–water partition coefficient (Wildman–Crippen LogP) is 3.66. The predicted molar refractivity (Wildman–Crippen MR) is 76.8 cm³/mol. The van der Waals surface area contributed by atoms with Gasteiger partial charge in [-0.1, -0.05) is 5.57 Å². The van der Waals surface area contributed by atoms with E-state index in [1.165, 1.54) is 11.1 Å². The molecule has 1 rings (SSSR count). The molecule has 0 saturated carbocycles. The van der Waals surface area contributed by atoms with E-state index in [0.717, 1.165) is 16.9 Å². The molecule has 0 unspecified atom stereocenters. The second kappa shape index (κ2) is 6.75. The van der Waals surface area contributed by atoms with Crippen LogP contribution in [0.1, 0.15) is 26.3 Å². The molecule has 0 spiro atoms. The van der Waals surface area contributed by atoms with E-state index >= 15 is 0 Å². The summed E-state index contributed by atoms with van der Waals surface area (Å²) in [6.45, 7) is 6.19. The average molecular weight is 294 g/mol. The van der Waals surface area contributed by atoms with Crippen LogP contribution in [-0.2, 0) is 0 Å². The minimum Gasteiger partial charge on any atom is -0.399 e. The molecule has 4 heteroatoms. The van der Waals surface area contributed by atoms with Crippen LogP contribution in [0.3, 0.4) is 0 Å². The molecule has 1 aromatic rings. The molecule has 15 heavy (non-hydrogen) atoms. The fraction of sp³-hybridized carbons (Fsp3) is 0.273. The van der Waals surface area contributed by atoms with Crippen molar-refractivity contribution in [3.8, 4) is 0 Å². The number of benzene rings is 1. The smallest absolute Gasteiger partial charge is 0.0391 e. The van der Waals surface area contributed by atoms with Gasteiger partial charge in [0.15, 0.2) is 0 Å². The Labute approximate surface area is 108 Å². The third kappa shape index (κ3) is 4.14. The highest BCUT2D eigenvalue weighted by Gasteiger charge is 2.02. The molecule has 0 aliphatic heterocycles. The van der Waals surface area contributed by atoms with Gasteiger partial charge in [-0.05, 0) is 44.5 Å². The molecule has 4 N–H and O–H groups in total. The average Bonchev–Trinajstić information content (AvgIpc) is 2.08. The van der Waals surface area contributed by atoms with Gasteiger partial charge in [-0.15, -0.1) is 29.4 Å². The molecule has 1 aromatic carbocycles. The molecular formula is C11H18BrClN2. The van der Waals surface area contributed by atoms with Gasteiger partial charge in [-0.25, -0.2) is 0 Å². The Morgan fingerprint density at radius 1 is 1.07 bits per heavy atom. The second-order valence-corrected chi connectivity index (χ2v) is 3.47. The first kappa shape index (κ1) is 16.7. The van der Waals surface area contributed by atoms with Gasteiger partial charge in [0.2, 0.25) is 0 Å². The van der Waals surface area contributed by atoms with Crippen molar-refractivity contribution >= 4 is 46.3 Å². The number of halogens is 2. The molecular weight excluding hydrogens is 275 g/mol. The van der Waals surface area contributed by atoms with Crippen molar-refractivity contribution in [3.63, 3.8) is 0 Å². The summed E-state index contributed by atoms with van der Waals surface area (Å²) >= 11 is 0. The largest absolute Gasteiger partial charge is 0.399 e. The zero-order valence-corrected chi connectivity index (χ0v) is 11.7. The fourth-order valence-electron chi connectivity index (χ4n) is 1.17. The lowest BCUT2D eigenvalue weighted by molar-refractivity contribution is 1.36. The van der Waals surface area contributed by atoms with Crippen LogP contribution in [0.2, 0.25) is 0 Å². The molecule has 0 atom stereocenters. The summed E-state index contributed by atoms with van der Waals surface area (Å²) in [5.41, 5.74) is 16.6. The maximum atomic E-state index is 5.84. The van der Waals surface area contributed by atoms with Crippen molar-refractivity contribution in [2.45, 2.75) is 20.8 Å². The first-order valence-corrected chi connectivity index (χ1v) is 4.32. The number of allylic oxidation sites excluding steroid dienone is 2. The highest BCUT2D eigenvalue weighted by Crippen LogP contribution is 2.25. The van der Waals surface area contributed by atoms with Crippen LogP contribution in [-0.4, -0.2) is 0 Å². The number of anilines is 2. The van der Waals surface area contributed by atoms with E-state index in [2.05, 4.69) is 20.8 Å². The maximum absolute atomic E-state index is 5.84. The second-order valence-electron chi connectivity index (χ2n) is 3.47. The van der Waals surface area contributed by atoms with Crippen molar-refractivity contribution in [1.29, 1.82) is 0 Å². The van der Waals surface area contributed by atoms with E-state index in [0.29, 0.717) is 0 Å². The van der Waals surface area contributed by atoms with Gasteiger partial charge in [0.05, 0.1) is 0 Å². The molecule has 0 fully saturated rings. The third-order valence-electron chi connectivity index (χ3n) is 2.23. The molecule has 0 bridgehead atoms. The summed E-state index contributed by atoms with van der Waals surface area (Å²) in [4.78, 5) is 0. The fourth-order valence-corrected chi connectivity index (χ4v) is 1.17. The van der Waals surface area contributed by atoms with E-state index in [1.54, 1.807) is 0 Å². The van der Waals surface area contributed by atoms with Gasteiger partial charge in [0.25, 0.3) is 0 Å². The van der Waals surface area contributed by atoms with Crippen LogP contribution in [0.4, 0.5) is 11.4 Å². The summed E-state index contributed by atoms with van der Waals surface area (Å²) in [5.74, 6) is 0. The van der Waals surface area contributed by atoms with E-state index in [9.17, 15) is 0 Å². The van der Waals surface area contributed by atoms with Crippen molar-refractivity contribution in [3.05, 3.63) is 29.3 Å². The molecule has 0 saturated heterocycles. The molecule has 0 heterocycles. The lowest BCUT2D eigenvalue weighted by Crippen LogP contribution is -1.95. The minimum absolute atomic E-state index is 0. The van der Waals surface area contributed by atoms with Gasteiger partial charge in [0.1, 0.15) is 0 Å². The van der Waals surface area contributed by atoms with Crippen LogP contribution in [0, 0.1) is 0 Å². The van der Waals surface area contributed by atoms with Gasteiger partial charge >= 0.3 is 0 Å². The van der Waals surface area contributed by atoms with Gasteiger partial charge in [-0.3, -0.25) is 0 Å². The molecule has 86 valence electrons. The Morgan fingerprint density at radius 2 is 1.60 bits per heavy atom. The Kier molecular flexibility index (Phi) is 7.53. The van der Waals surface area contributed by atoms with E-state index in [-0.39, 0.29) is 29.4 Å². The number of nitrogens with two attached hydrogens (primary N) is 2. The van der Waals surface area contributed by atoms with E-state index in [4.69, 9.17) is 11.5 Å². The lowest BCUT2D eigenvalue weighted by atomic mass is 10.0. The quantitative estimate of drug-likeness (QED) is 0.776. The van der Waals surface area contributed by atoms with Gasteiger partial charge in [-0.2, -0.15) is 0 Å². The molecule has 0 aliphatic rings. The monoisotopic (exact) mass is 292 g/mol. The zero-order chi connectivity index (χ0) is 10.0. The van der Waals surface area contributed by atoms with E-state index < -0.39 is 0 Å². The van der Waals surface area contributed by atoms with Crippen LogP contribution in [0.15, 0.2) is 23.8 Å². The van der Waals surface area contributed by atoms with Gasteiger partial charge < -0.3 is 11.5 Å². The molecule has 0 amide bonds. The SMILES string of the molecule is Br.CC(C)=C(C)c1cc(N)ccc1N.Cl. The van der Waals surface area contributed by atoms with Crippen LogP contribution in [0.5, 0.6) is 0 Å².